The molecule has 1 saturated heterocycles. The Labute approximate surface area is 291 Å². The maximum atomic E-state index is 14.2. The average molecular weight is 673 g/mol. The maximum Gasteiger partial charge on any atom is 0.264 e. The lowest BCUT2D eigenvalue weighted by molar-refractivity contribution is -0.139. The lowest BCUT2D eigenvalue weighted by atomic mass is 9.82. The van der Waals surface area contributed by atoms with Gasteiger partial charge in [-0.25, -0.2) is 0 Å². The lowest BCUT2D eigenvalue weighted by Crippen LogP contribution is -2.44. The third kappa shape index (κ3) is 7.08. The number of hydrogen-bond donors (Lipinski definition) is 4. The largest absolute Gasteiger partial charge is 0.394 e. The highest BCUT2D eigenvalue weighted by atomic mass is 16.3. The zero-order chi connectivity index (χ0) is 35.3. The van der Waals surface area contributed by atoms with Gasteiger partial charge in [0.1, 0.15) is 0 Å². The van der Waals surface area contributed by atoms with Crippen molar-refractivity contribution in [1.29, 1.82) is 0 Å². The van der Waals surface area contributed by atoms with Gasteiger partial charge in [-0.05, 0) is 73.0 Å². The molecule has 0 saturated carbocycles. The molecule has 2 heterocycles. The van der Waals surface area contributed by atoms with Crippen LogP contribution in [0.15, 0.2) is 115 Å². The Hall–Kier alpha value is -5.58. The highest BCUT2D eigenvalue weighted by Gasteiger charge is 2.52. The standard InChI is InChI=1S/C40H40N4O6/c1-27(10-8-16-36(46)43-23-9-15-33(43)26-45)40(50)34-24-32(42-38(48)30-13-6-3-7-14-30)21-22-35(34)44(39(40)49)25-28-17-19-31(20-18-28)41-37(47)29-11-4-2-5-12-29/h2-8,10-14,17-22,24,27,33,45,50H,9,15-16,23,25-26H2,1H3,(H,41,47)(H,42,48)/b10-8+/t27-,33-,40+/m0/s1. The summed E-state index contributed by atoms with van der Waals surface area (Å²) in [6, 6.07) is 29.6. The number of likely N-dealkylation sites (tertiary alicyclic amines) is 1. The van der Waals surface area contributed by atoms with E-state index in [9.17, 15) is 29.4 Å². The first-order valence-corrected chi connectivity index (χ1v) is 16.8. The fourth-order valence-corrected chi connectivity index (χ4v) is 6.63. The average Bonchev–Trinajstić information content (AvgIpc) is 3.71. The molecule has 0 aromatic heterocycles. The molecule has 10 nitrogen and oxygen atoms in total. The van der Waals surface area contributed by atoms with E-state index in [1.807, 2.05) is 24.3 Å². The van der Waals surface area contributed by atoms with Gasteiger partial charge in [-0.2, -0.15) is 0 Å². The molecule has 2 aliphatic heterocycles. The van der Waals surface area contributed by atoms with Crippen molar-refractivity contribution >= 4 is 40.7 Å². The van der Waals surface area contributed by atoms with Crippen LogP contribution in [0.1, 0.15) is 58.0 Å². The summed E-state index contributed by atoms with van der Waals surface area (Å²) in [7, 11) is 0. The number of amides is 4. The number of nitrogens with one attached hydrogen (secondary N) is 2. The quantitative estimate of drug-likeness (QED) is 0.156. The number of aliphatic hydroxyl groups excluding tert-OH is 1. The summed E-state index contributed by atoms with van der Waals surface area (Å²) in [5, 5.41) is 27.7. The van der Waals surface area contributed by atoms with Crippen molar-refractivity contribution in [1.82, 2.24) is 4.90 Å². The highest BCUT2D eigenvalue weighted by molar-refractivity contribution is 6.09. The fourth-order valence-electron chi connectivity index (χ4n) is 6.63. The Morgan fingerprint density at radius 1 is 0.880 bits per heavy atom. The van der Waals surface area contributed by atoms with Gasteiger partial charge in [0.2, 0.25) is 5.91 Å². The molecule has 4 aromatic carbocycles. The fraction of sp³-hybridized carbons (Fsp3) is 0.250. The molecule has 256 valence electrons. The minimum atomic E-state index is -1.99. The first-order valence-electron chi connectivity index (χ1n) is 16.8. The number of fused-ring (bicyclic) bond motifs is 1. The second kappa shape index (κ2) is 14.9. The van der Waals surface area contributed by atoms with E-state index < -0.39 is 17.4 Å². The number of aliphatic hydroxyl groups is 2. The molecule has 4 amide bonds. The van der Waals surface area contributed by atoms with Crippen LogP contribution >= 0.6 is 0 Å². The molecule has 0 unspecified atom stereocenters. The van der Waals surface area contributed by atoms with E-state index in [4.69, 9.17) is 0 Å². The van der Waals surface area contributed by atoms with E-state index in [1.165, 1.54) is 4.90 Å². The van der Waals surface area contributed by atoms with Crippen molar-refractivity contribution in [3.05, 3.63) is 138 Å². The number of carbonyl (C=O) groups is 4. The van der Waals surface area contributed by atoms with E-state index in [1.54, 1.807) is 103 Å². The second-order valence-corrected chi connectivity index (χ2v) is 12.7. The normalized spacial score (nSPS) is 19.0. The van der Waals surface area contributed by atoms with Gasteiger partial charge in [0.05, 0.1) is 24.9 Å². The lowest BCUT2D eigenvalue weighted by Gasteiger charge is -2.28. The van der Waals surface area contributed by atoms with Gasteiger partial charge in [-0.15, -0.1) is 0 Å². The topological polar surface area (TPSA) is 139 Å². The van der Waals surface area contributed by atoms with Gasteiger partial charge in [-0.3, -0.25) is 19.2 Å². The van der Waals surface area contributed by atoms with Crippen molar-refractivity contribution in [2.75, 3.05) is 28.7 Å². The summed E-state index contributed by atoms with van der Waals surface area (Å²) in [5.74, 6) is -1.96. The monoisotopic (exact) mass is 672 g/mol. The number of carbonyl (C=O) groups excluding carboxylic acids is 4. The van der Waals surface area contributed by atoms with Crippen molar-refractivity contribution in [3.8, 4) is 0 Å². The van der Waals surface area contributed by atoms with Crippen LogP contribution in [0.3, 0.4) is 0 Å². The summed E-state index contributed by atoms with van der Waals surface area (Å²) in [4.78, 5) is 55.9. The second-order valence-electron chi connectivity index (χ2n) is 12.7. The van der Waals surface area contributed by atoms with Gasteiger partial charge in [0.25, 0.3) is 17.7 Å². The SMILES string of the molecule is C[C@@H](/C=C/CC(=O)N1CCC[C@H]1CO)[C@]1(O)C(=O)N(Cc2ccc(NC(=O)c3ccccc3)cc2)c2ccc(NC(=O)c3ccccc3)cc21. The molecule has 0 aliphatic carbocycles. The molecular formula is C40H40N4O6. The summed E-state index contributed by atoms with van der Waals surface area (Å²) in [6.07, 6.45) is 5.01. The smallest absolute Gasteiger partial charge is 0.264 e. The molecule has 0 spiro atoms. The van der Waals surface area contributed by atoms with Crippen LogP contribution in [0.5, 0.6) is 0 Å². The van der Waals surface area contributed by atoms with Crippen LogP contribution in [0, 0.1) is 5.92 Å². The maximum absolute atomic E-state index is 14.2. The summed E-state index contributed by atoms with van der Waals surface area (Å²) >= 11 is 0. The molecule has 0 radical (unpaired) electrons. The Bertz CT molecular complexity index is 1900. The van der Waals surface area contributed by atoms with Crippen molar-refractivity contribution in [2.24, 2.45) is 5.92 Å². The zero-order valence-electron chi connectivity index (χ0n) is 27.8. The van der Waals surface area contributed by atoms with Crippen LogP contribution in [0.2, 0.25) is 0 Å². The predicted octanol–water partition coefficient (Wildman–Crippen LogP) is 5.49. The Morgan fingerprint density at radius 3 is 2.10 bits per heavy atom. The van der Waals surface area contributed by atoms with Crippen molar-refractivity contribution in [3.63, 3.8) is 0 Å². The molecule has 10 heteroatoms. The number of rotatable bonds is 11. The van der Waals surface area contributed by atoms with Gasteiger partial charge >= 0.3 is 0 Å². The molecule has 50 heavy (non-hydrogen) atoms. The molecule has 6 rings (SSSR count). The number of nitrogens with zero attached hydrogens (tertiary/aromatic N) is 2. The molecule has 4 N–H and O–H groups in total. The first kappa shape index (κ1) is 34.3. The highest BCUT2D eigenvalue weighted by Crippen LogP contribution is 2.47. The Kier molecular flexibility index (Phi) is 10.2. The summed E-state index contributed by atoms with van der Waals surface area (Å²) in [5.41, 5.74) is 1.62. The van der Waals surface area contributed by atoms with Crippen LogP contribution in [0.25, 0.3) is 0 Å². The summed E-state index contributed by atoms with van der Waals surface area (Å²) < 4.78 is 0. The molecule has 0 bridgehead atoms. The van der Waals surface area contributed by atoms with Gasteiger partial charge in [0.15, 0.2) is 5.60 Å². The van der Waals surface area contributed by atoms with E-state index in [-0.39, 0.29) is 43.3 Å². The minimum Gasteiger partial charge on any atom is -0.394 e. The van der Waals surface area contributed by atoms with Crippen LogP contribution in [-0.2, 0) is 21.7 Å². The first-order chi connectivity index (χ1) is 24.2. The predicted molar refractivity (Wildman–Crippen MR) is 192 cm³/mol. The molecule has 1 fully saturated rings. The number of benzene rings is 4. The number of anilines is 3. The molecular weight excluding hydrogens is 632 g/mol. The van der Waals surface area contributed by atoms with E-state index >= 15 is 0 Å². The van der Waals surface area contributed by atoms with Crippen molar-refractivity contribution in [2.45, 2.75) is 44.4 Å². The van der Waals surface area contributed by atoms with E-state index in [0.717, 1.165) is 18.4 Å². The van der Waals surface area contributed by atoms with Gasteiger partial charge in [0, 0.05) is 46.9 Å². The van der Waals surface area contributed by atoms with Gasteiger partial charge < -0.3 is 30.6 Å². The van der Waals surface area contributed by atoms with E-state index in [2.05, 4.69) is 10.6 Å². The third-order valence-electron chi connectivity index (χ3n) is 9.44. The molecule has 3 atom stereocenters. The summed E-state index contributed by atoms with van der Waals surface area (Å²) in [6.45, 7) is 2.37. The van der Waals surface area contributed by atoms with Gasteiger partial charge in [-0.1, -0.05) is 67.6 Å². The third-order valence-corrected chi connectivity index (χ3v) is 9.44. The zero-order valence-corrected chi connectivity index (χ0v) is 27.8. The van der Waals surface area contributed by atoms with Crippen molar-refractivity contribution < 1.29 is 29.4 Å². The Balaban J connectivity index is 1.24. The minimum absolute atomic E-state index is 0.0714. The molecule has 2 aliphatic rings. The van der Waals surface area contributed by atoms with E-state index in [0.29, 0.717) is 40.3 Å². The Morgan fingerprint density at radius 2 is 1.48 bits per heavy atom. The van der Waals surface area contributed by atoms with Crippen LogP contribution < -0.4 is 15.5 Å². The van der Waals surface area contributed by atoms with Crippen LogP contribution in [0.4, 0.5) is 17.1 Å². The molecule has 4 aromatic rings. The number of hydrogen-bond acceptors (Lipinski definition) is 6. The van der Waals surface area contributed by atoms with Crippen LogP contribution in [-0.4, -0.2) is 57.9 Å².